The van der Waals surface area contributed by atoms with E-state index in [9.17, 15) is 12.8 Å². The van der Waals surface area contributed by atoms with Gasteiger partial charge in [-0.25, -0.2) is 12.8 Å². The summed E-state index contributed by atoms with van der Waals surface area (Å²) in [6.45, 7) is 2.66. The molecule has 0 radical (unpaired) electrons. The second-order valence-electron chi connectivity index (χ2n) is 5.59. The van der Waals surface area contributed by atoms with Crippen LogP contribution in [0.3, 0.4) is 0 Å². The summed E-state index contributed by atoms with van der Waals surface area (Å²) >= 11 is 0. The van der Waals surface area contributed by atoms with Crippen molar-refractivity contribution in [3.8, 4) is 0 Å². The number of hydrogen-bond donors (Lipinski definition) is 0. The Morgan fingerprint density at radius 2 is 2.10 bits per heavy atom. The van der Waals surface area contributed by atoms with Gasteiger partial charge in [-0.3, -0.25) is 0 Å². The van der Waals surface area contributed by atoms with Crippen molar-refractivity contribution in [2.75, 3.05) is 19.8 Å². The molecule has 1 aromatic carbocycles. The van der Waals surface area contributed by atoms with Crippen molar-refractivity contribution in [3.05, 3.63) is 29.6 Å². The standard InChI is InChI=1S/C14H18FNO3S/c1-11-4-2-5-12(13(11)15)20(17,18)16-8-9-19-10-14(16)6-3-7-14/h2,4-5H,3,6-10H2,1H3. The Balaban J connectivity index is 2.05. The molecule has 1 saturated carbocycles. The predicted octanol–water partition coefficient (Wildman–Crippen LogP) is 2.08. The van der Waals surface area contributed by atoms with Crippen molar-refractivity contribution in [1.29, 1.82) is 0 Å². The summed E-state index contributed by atoms with van der Waals surface area (Å²) < 4.78 is 46.7. The summed E-state index contributed by atoms with van der Waals surface area (Å²) in [6.07, 6.45) is 2.57. The van der Waals surface area contributed by atoms with Gasteiger partial charge in [-0.2, -0.15) is 4.31 Å². The van der Waals surface area contributed by atoms with Gasteiger partial charge in [0, 0.05) is 6.54 Å². The van der Waals surface area contributed by atoms with E-state index in [1.54, 1.807) is 19.1 Å². The smallest absolute Gasteiger partial charge is 0.246 e. The van der Waals surface area contributed by atoms with Gasteiger partial charge in [0.1, 0.15) is 10.7 Å². The number of aryl methyl sites for hydroxylation is 1. The Morgan fingerprint density at radius 1 is 1.35 bits per heavy atom. The predicted molar refractivity (Wildman–Crippen MR) is 72.4 cm³/mol. The minimum absolute atomic E-state index is 0.217. The molecule has 0 bridgehead atoms. The number of halogens is 1. The van der Waals surface area contributed by atoms with Crippen molar-refractivity contribution < 1.29 is 17.5 Å². The fourth-order valence-electron chi connectivity index (χ4n) is 3.01. The molecule has 0 unspecified atom stereocenters. The summed E-state index contributed by atoms with van der Waals surface area (Å²) in [5.74, 6) is -0.645. The number of benzene rings is 1. The lowest BCUT2D eigenvalue weighted by atomic mass is 9.77. The van der Waals surface area contributed by atoms with Crippen LogP contribution >= 0.6 is 0 Å². The first-order valence-electron chi connectivity index (χ1n) is 6.83. The molecule has 2 fully saturated rings. The molecule has 0 N–H and O–H groups in total. The van der Waals surface area contributed by atoms with Gasteiger partial charge in [0.25, 0.3) is 0 Å². The Hall–Kier alpha value is -0.980. The zero-order chi connectivity index (χ0) is 14.4. The number of ether oxygens (including phenoxy) is 1. The molecular weight excluding hydrogens is 281 g/mol. The van der Waals surface area contributed by atoms with Crippen LogP contribution in [0, 0.1) is 12.7 Å². The maximum atomic E-state index is 14.2. The first kappa shape index (κ1) is 14.0. The van der Waals surface area contributed by atoms with Crippen LogP contribution in [-0.2, 0) is 14.8 Å². The summed E-state index contributed by atoms with van der Waals surface area (Å²) in [4.78, 5) is -0.217. The van der Waals surface area contributed by atoms with Crippen LogP contribution in [0.15, 0.2) is 23.1 Å². The number of nitrogens with zero attached hydrogens (tertiary/aromatic N) is 1. The zero-order valence-electron chi connectivity index (χ0n) is 11.4. The van der Waals surface area contributed by atoms with Crippen molar-refractivity contribution in [2.45, 2.75) is 36.6 Å². The molecule has 1 spiro atoms. The maximum absolute atomic E-state index is 14.2. The highest BCUT2D eigenvalue weighted by Crippen LogP contribution is 2.42. The van der Waals surface area contributed by atoms with E-state index < -0.39 is 21.4 Å². The van der Waals surface area contributed by atoms with Gasteiger partial charge in [-0.05, 0) is 37.8 Å². The van der Waals surface area contributed by atoms with Crippen molar-refractivity contribution in [3.63, 3.8) is 0 Å². The quantitative estimate of drug-likeness (QED) is 0.840. The number of morpholine rings is 1. The monoisotopic (exact) mass is 299 g/mol. The molecule has 3 rings (SSSR count). The van der Waals surface area contributed by atoms with Crippen LogP contribution in [0.4, 0.5) is 4.39 Å². The largest absolute Gasteiger partial charge is 0.378 e. The van der Waals surface area contributed by atoms with E-state index in [2.05, 4.69) is 0 Å². The second kappa shape index (κ2) is 4.79. The Bertz CT molecular complexity index is 625. The van der Waals surface area contributed by atoms with Crippen molar-refractivity contribution in [2.24, 2.45) is 0 Å². The topological polar surface area (TPSA) is 46.6 Å². The lowest BCUT2D eigenvalue weighted by Crippen LogP contribution is -2.62. The van der Waals surface area contributed by atoms with Crippen LogP contribution in [0.2, 0.25) is 0 Å². The molecular formula is C14H18FNO3S. The molecule has 110 valence electrons. The van der Waals surface area contributed by atoms with Crippen LogP contribution in [0.25, 0.3) is 0 Å². The highest BCUT2D eigenvalue weighted by molar-refractivity contribution is 7.89. The van der Waals surface area contributed by atoms with E-state index in [-0.39, 0.29) is 4.90 Å². The highest BCUT2D eigenvalue weighted by atomic mass is 32.2. The van der Waals surface area contributed by atoms with Crippen LogP contribution in [-0.4, -0.2) is 38.0 Å². The van der Waals surface area contributed by atoms with Crippen LogP contribution in [0.1, 0.15) is 24.8 Å². The fourth-order valence-corrected chi connectivity index (χ4v) is 4.95. The fraction of sp³-hybridized carbons (Fsp3) is 0.571. The highest BCUT2D eigenvalue weighted by Gasteiger charge is 2.50. The average molecular weight is 299 g/mol. The minimum atomic E-state index is -3.81. The third-order valence-electron chi connectivity index (χ3n) is 4.35. The minimum Gasteiger partial charge on any atom is -0.378 e. The van der Waals surface area contributed by atoms with Gasteiger partial charge in [-0.1, -0.05) is 12.1 Å². The Morgan fingerprint density at radius 3 is 2.75 bits per heavy atom. The first-order chi connectivity index (χ1) is 9.47. The van der Waals surface area contributed by atoms with Gasteiger partial charge in [-0.15, -0.1) is 0 Å². The molecule has 2 aliphatic rings. The summed E-state index contributed by atoms with van der Waals surface area (Å²) in [5, 5.41) is 0. The third-order valence-corrected chi connectivity index (χ3v) is 6.37. The van der Waals surface area contributed by atoms with Crippen molar-refractivity contribution >= 4 is 10.0 Å². The van der Waals surface area contributed by atoms with Crippen LogP contribution in [0.5, 0.6) is 0 Å². The van der Waals surface area contributed by atoms with Gasteiger partial charge in [0.2, 0.25) is 10.0 Å². The zero-order valence-corrected chi connectivity index (χ0v) is 12.2. The van der Waals surface area contributed by atoms with Crippen molar-refractivity contribution in [1.82, 2.24) is 4.31 Å². The molecule has 1 saturated heterocycles. The van der Waals surface area contributed by atoms with E-state index in [1.807, 2.05) is 0 Å². The Labute approximate surface area is 118 Å². The lowest BCUT2D eigenvalue weighted by Gasteiger charge is -2.51. The van der Waals surface area contributed by atoms with E-state index in [0.717, 1.165) is 19.3 Å². The summed E-state index contributed by atoms with van der Waals surface area (Å²) in [6, 6.07) is 4.51. The third kappa shape index (κ3) is 1.98. The summed E-state index contributed by atoms with van der Waals surface area (Å²) in [5.41, 5.74) is -0.102. The maximum Gasteiger partial charge on any atom is 0.246 e. The lowest BCUT2D eigenvalue weighted by molar-refractivity contribution is -0.0650. The molecule has 1 aliphatic heterocycles. The number of hydrogen-bond acceptors (Lipinski definition) is 3. The SMILES string of the molecule is Cc1cccc(S(=O)(=O)N2CCOCC23CCC3)c1F. The summed E-state index contributed by atoms with van der Waals surface area (Å²) in [7, 11) is -3.81. The molecule has 0 aromatic heterocycles. The molecule has 20 heavy (non-hydrogen) atoms. The molecule has 0 atom stereocenters. The van der Waals surface area contributed by atoms with Gasteiger partial charge < -0.3 is 4.74 Å². The number of rotatable bonds is 2. The second-order valence-corrected chi connectivity index (χ2v) is 7.43. The van der Waals surface area contributed by atoms with Gasteiger partial charge in [0.05, 0.1) is 18.8 Å². The molecule has 1 heterocycles. The van der Waals surface area contributed by atoms with E-state index in [4.69, 9.17) is 4.74 Å². The average Bonchev–Trinajstić information content (AvgIpc) is 2.40. The molecule has 6 heteroatoms. The van der Waals surface area contributed by atoms with E-state index in [0.29, 0.717) is 25.3 Å². The molecule has 4 nitrogen and oxygen atoms in total. The van der Waals surface area contributed by atoms with Gasteiger partial charge >= 0.3 is 0 Å². The Kier molecular flexibility index (Phi) is 3.35. The molecule has 1 aliphatic carbocycles. The molecule has 1 aromatic rings. The normalized spacial score (nSPS) is 22.7. The molecule has 0 amide bonds. The number of sulfonamides is 1. The van der Waals surface area contributed by atoms with E-state index >= 15 is 0 Å². The van der Waals surface area contributed by atoms with Gasteiger partial charge in [0.15, 0.2) is 0 Å². The van der Waals surface area contributed by atoms with E-state index in [1.165, 1.54) is 10.4 Å². The van der Waals surface area contributed by atoms with Crippen LogP contribution < -0.4 is 0 Å². The first-order valence-corrected chi connectivity index (χ1v) is 8.27.